The summed E-state index contributed by atoms with van der Waals surface area (Å²) in [7, 11) is 0. The van der Waals surface area contributed by atoms with Crippen LogP contribution in [-0.2, 0) is 6.54 Å². The van der Waals surface area contributed by atoms with Gasteiger partial charge in [-0.15, -0.1) is 0 Å². The molecule has 2 aromatic rings. The molecule has 3 rings (SSSR count). The zero-order valence-electron chi connectivity index (χ0n) is 10.3. The average molecular weight is 243 g/mol. The number of nitrogens with two attached hydrogens (primary N) is 1. The molecule has 1 fully saturated rings. The van der Waals surface area contributed by atoms with Crippen molar-refractivity contribution in [2.24, 2.45) is 5.73 Å². The Kier molecular flexibility index (Phi) is 3.11. The van der Waals surface area contributed by atoms with Crippen LogP contribution in [-0.4, -0.2) is 10.1 Å². The van der Waals surface area contributed by atoms with E-state index >= 15 is 0 Å². The molecule has 0 aliphatic heterocycles. The van der Waals surface area contributed by atoms with E-state index in [1.807, 2.05) is 6.07 Å². The van der Waals surface area contributed by atoms with E-state index in [-0.39, 0.29) is 6.54 Å². The lowest BCUT2D eigenvalue weighted by Crippen LogP contribution is -1.96. The second-order valence-corrected chi connectivity index (χ2v) is 4.82. The first-order valence-corrected chi connectivity index (χ1v) is 6.50. The molecule has 0 amide bonds. The van der Waals surface area contributed by atoms with E-state index in [9.17, 15) is 0 Å². The normalized spacial score (nSPS) is 16.3. The molecule has 0 bridgehead atoms. The number of hydrogen-bond acceptors (Lipinski definition) is 4. The maximum Gasteiger partial charge on any atom is 0.240 e. The molecule has 1 aromatic heterocycles. The van der Waals surface area contributed by atoms with E-state index in [4.69, 9.17) is 10.3 Å². The van der Waals surface area contributed by atoms with Crippen molar-refractivity contribution in [2.75, 3.05) is 0 Å². The number of rotatable bonds is 3. The molecule has 18 heavy (non-hydrogen) atoms. The Morgan fingerprint density at radius 2 is 2.11 bits per heavy atom. The zero-order chi connectivity index (χ0) is 12.4. The van der Waals surface area contributed by atoms with Gasteiger partial charge in [-0.3, -0.25) is 0 Å². The second-order valence-electron chi connectivity index (χ2n) is 4.82. The average Bonchev–Trinajstić information content (AvgIpc) is 3.10. The lowest BCUT2D eigenvalue weighted by Gasteiger charge is -2.09. The van der Waals surface area contributed by atoms with Gasteiger partial charge in [0.25, 0.3) is 0 Å². The quantitative estimate of drug-likeness (QED) is 0.900. The Labute approximate surface area is 106 Å². The summed E-state index contributed by atoms with van der Waals surface area (Å²) < 4.78 is 5.05. The lowest BCUT2D eigenvalue weighted by atomic mass is 9.96. The van der Waals surface area contributed by atoms with Gasteiger partial charge in [-0.25, -0.2) is 0 Å². The fourth-order valence-corrected chi connectivity index (χ4v) is 2.65. The first-order chi connectivity index (χ1) is 8.86. The fraction of sp³-hybridized carbons (Fsp3) is 0.429. The van der Waals surface area contributed by atoms with Crippen LogP contribution in [0.15, 0.2) is 28.8 Å². The maximum absolute atomic E-state index is 5.47. The molecule has 0 radical (unpaired) electrons. The van der Waals surface area contributed by atoms with Crippen LogP contribution < -0.4 is 5.73 Å². The van der Waals surface area contributed by atoms with E-state index in [2.05, 4.69) is 28.3 Å². The van der Waals surface area contributed by atoms with Crippen LogP contribution >= 0.6 is 0 Å². The summed E-state index contributed by atoms with van der Waals surface area (Å²) in [5, 5.41) is 3.96. The molecule has 2 N–H and O–H groups in total. The van der Waals surface area contributed by atoms with E-state index in [1.165, 1.54) is 31.2 Å². The van der Waals surface area contributed by atoms with Gasteiger partial charge >= 0.3 is 0 Å². The monoisotopic (exact) mass is 243 g/mol. The van der Waals surface area contributed by atoms with Gasteiger partial charge < -0.3 is 10.3 Å². The highest BCUT2D eigenvalue weighted by Crippen LogP contribution is 2.35. The van der Waals surface area contributed by atoms with Crippen molar-refractivity contribution in [3.05, 3.63) is 35.7 Å². The topological polar surface area (TPSA) is 64.9 Å². The molecule has 4 nitrogen and oxygen atoms in total. The van der Waals surface area contributed by atoms with E-state index in [0.717, 1.165) is 5.56 Å². The van der Waals surface area contributed by atoms with Gasteiger partial charge in [0.1, 0.15) is 0 Å². The van der Waals surface area contributed by atoms with Gasteiger partial charge in [-0.1, -0.05) is 36.2 Å². The standard InChI is InChI=1S/C14H17N3O/c15-9-13-16-14(17-18-13)12-7-3-6-11(8-12)10-4-1-2-5-10/h3,6-8,10H,1-2,4-5,9,15H2. The van der Waals surface area contributed by atoms with Crippen LogP contribution in [0.4, 0.5) is 0 Å². The molecule has 1 saturated carbocycles. The zero-order valence-corrected chi connectivity index (χ0v) is 10.3. The Bertz CT molecular complexity index is 529. The molecular formula is C14H17N3O. The van der Waals surface area contributed by atoms with Gasteiger partial charge in [0.2, 0.25) is 11.7 Å². The summed E-state index contributed by atoms with van der Waals surface area (Å²) in [5.74, 6) is 1.82. The molecule has 1 aliphatic carbocycles. The van der Waals surface area contributed by atoms with Crippen molar-refractivity contribution in [2.45, 2.75) is 38.1 Å². The third kappa shape index (κ3) is 2.16. The maximum atomic E-state index is 5.47. The minimum absolute atomic E-state index is 0.287. The van der Waals surface area contributed by atoms with Crippen LogP contribution in [0, 0.1) is 0 Å². The molecule has 0 saturated heterocycles. The molecule has 94 valence electrons. The molecular weight excluding hydrogens is 226 g/mol. The Hall–Kier alpha value is -1.68. The van der Waals surface area contributed by atoms with Crippen LogP contribution in [0.5, 0.6) is 0 Å². The molecule has 1 aromatic carbocycles. The molecule has 0 spiro atoms. The minimum atomic E-state index is 0.287. The molecule has 0 unspecified atom stereocenters. The van der Waals surface area contributed by atoms with E-state index in [1.54, 1.807) is 0 Å². The number of hydrogen-bond donors (Lipinski definition) is 1. The molecule has 1 aliphatic rings. The number of aromatic nitrogens is 2. The summed E-state index contributed by atoms with van der Waals surface area (Å²) in [6.07, 6.45) is 5.27. The van der Waals surface area contributed by atoms with Gasteiger partial charge in [-0.05, 0) is 30.4 Å². The predicted molar refractivity (Wildman–Crippen MR) is 68.8 cm³/mol. The number of nitrogens with zero attached hydrogens (tertiary/aromatic N) is 2. The first kappa shape index (κ1) is 11.4. The van der Waals surface area contributed by atoms with Crippen molar-refractivity contribution in [3.63, 3.8) is 0 Å². The van der Waals surface area contributed by atoms with Gasteiger partial charge in [0.05, 0.1) is 6.54 Å². The third-order valence-electron chi connectivity index (χ3n) is 3.61. The highest BCUT2D eigenvalue weighted by atomic mass is 16.5. The van der Waals surface area contributed by atoms with Crippen LogP contribution in [0.2, 0.25) is 0 Å². The van der Waals surface area contributed by atoms with Crippen LogP contribution in [0.3, 0.4) is 0 Å². The highest BCUT2D eigenvalue weighted by Gasteiger charge is 2.18. The van der Waals surface area contributed by atoms with Crippen LogP contribution in [0.25, 0.3) is 11.4 Å². The Morgan fingerprint density at radius 1 is 1.28 bits per heavy atom. The summed E-state index contributed by atoms with van der Waals surface area (Å²) >= 11 is 0. The highest BCUT2D eigenvalue weighted by molar-refractivity contribution is 5.55. The molecule has 4 heteroatoms. The summed E-state index contributed by atoms with van der Waals surface area (Å²) in [6.45, 7) is 0.287. The predicted octanol–water partition coefficient (Wildman–Crippen LogP) is 2.85. The van der Waals surface area contributed by atoms with Crippen molar-refractivity contribution >= 4 is 0 Å². The van der Waals surface area contributed by atoms with Gasteiger partial charge in [0.15, 0.2) is 0 Å². The van der Waals surface area contributed by atoms with Crippen molar-refractivity contribution < 1.29 is 4.52 Å². The van der Waals surface area contributed by atoms with E-state index < -0.39 is 0 Å². The largest absolute Gasteiger partial charge is 0.338 e. The minimum Gasteiger partial charge on any atom is -0.338 e. The van der Waals surface area contributed by atoms with Gasteiger partial charge in [0, 0.05) is 5.56 Å². The van der Waals surface area contributed by atoms with E-state index in [0.29, 0.717) is 17.6 Å². The van der Waals surface area contributed by atoms with Gasteiger partial charge in [-0.2, -0.15) is 4.98 Å². The fourth-order valence-electron chi connectivity index (χ4n) is 2.65. The third-order valence-corrected chi connectivity index (χ3v) is 3.61. The summed E-state index contributed by atoms with van der Waals surface area (Å²) in [6, 6.07) is 8.47. The number of benzene rings is 1. The molecule has 1 heterocycles. The lowest BCUT2D eigenvalue weighted by molar-refractivity contribution is 0.380. The van der Waals surface area contributed by atoms with Crippen molar-refractivity contribution in [1.82, 2.24) is 10.1 Å². The SMILES string of the molecule is NCc1nc(-c2cccc(C3CCCC3)c2)no1. The van der Waals surface area contributed by atoms with Crippen molar-refractivity contribution in [1.29, 1.82) is 0 Å². The Morgan fingerprint density at radius 3 is 2.83 bits per heavy atom. The van der Waals surface area contributed by atoms with Crippen molar-refractivity contribution in [3.8, 4) is 11.4 Å². The van der Waals surface area contributed by atoms with Crippen LogP contribution in [0.1, 0.15) is 43.1 Å². The Balaban J connectivity index is 1.90. The summed E-state index contributed by atoms with van der Waals surface area (Å²) in [5.41, 5.74) is 7.88. The smallest absolute Gasteiger partial charge is 0.240 e. The molecule has 0 atom stereocenters. The second kappa shape index (κ2) is 4.90. The summed E-state index contributed by atoms with van der Waals surface area (Å²) in [4.78, 5) is 4.26. The first-order valence-electron chi connectivity index (χ1n) is 6.50.